The fourth-order valence-electron chi connectivity index (χ4n) is 1.94. The Morgan fingerprint density at radius 2 is 2.28 bits per heavy atom. The maximum absolute atomic E-state index is 13.9. The number of hydrogen-bond acceptors (Lipinski definition) is 1. The summed E-state index contributed by atoms with van der Waals surface area (Å²) in [6.45, 7) is 6.70. The summed E-state index contributed by atoms with van der Waals surface area (Å²) in [6.07, 6.45) is 5.80. The molecule has 1 aromatic rings. The minimum atomic E-state index is -0.227. The number of benzene rings is 1. The van der Waals surface area contributed by atoms with Gasteiger partial charge in [0.1, 0.15) is 5.82 Å². The monoisotopic (exact) mass is 269 g/mol. The van der Waals surface area contributed by atoms with Gasteiger partial charge in [0.05, 0.1) is 0 Å². The molecule has 18 heavy (non-hydrogen) atoms. The second kappa shape index (κ2) is 8.28. The molecule has 0 amide bonds. The third-order valence-electron chi connectivity index (χ3n) is 2.88. The zero-order valence-electron chi connectivity index (χ0n) is 10.9. The fraction of sp³-hybridized carbons (Fsp3) is 0.467. The van der Waals surface area contributed by atoms with Crippen LogP contribution in [0.5, 0.6) is 0 Å². The van der Waals surface area contributed by atoms with Gasteiger partial charge in [-0.1, -0.05) is 30.7 Å². The van der Waals surface area contributed by atoms with Crippen molar-refractivity contribution in [3.05, 3.63) is 47.3 Å². The van der Waals surface area contributed by atoms with E-state index in [1.807, 2.05) is 6.08 Å². The number of rotatable bonds is 8. The van der Waals surface area contributed by atoms with E-state index in [9.17, 15) is 4.39 Å². The molecule has 100 valence electrons. The third-order valence-corrected chi connectivity index (χ3v) is 3.11. The molecule has 1 unspecified atom stereocenters. The van der Waals surface area contributed by atoms with Crippen molar-refractivity contribution >= 4 is 11.6 Å². The maximum atomic E-state index is 13.9. The molecule has 1 aromatic carbocycles. The predicted molar refractivity (Wildman–Crippen MR) is 76.5 cm³/mol. The van der Waals surface area contributed by atoms with Crippen LogP contribution >= 0.6 is 11.6 Å². The Bertz CT molecular complexity index is 379. The van der Waals surface area contributed by atoms with Crippen molar-refractivity contribution in [2.45, 2.75) is 38.6 Å². The van der Waals surface area contributed by atoms with Crippen LogP contribution in [-0.2, 0) is 0 Å². The van der Waals surface area contributed by atoms with Gasteiger partial charge in [0, 0.05) is 16.6 Å². The average molecular weight is 270 g/mol. The molecule has 0 aliphatic heterocycles. The van der Waals surface area contributed by atoms with Crippen LogP contribution in [-0.4, -0.2) is 6.54 Å². The van der Waals surface area contributed by atoms with Crippen molar-refractivity contribution in [3.8, 4) is 0 Å². The normalized spacial score (nSPS) is 12.4. The Morgan fingerprint density at radius 3 is 2.89 bits per heavy atom. The van der Waals surface area contributed by atoms with Gasteiger partial charge >= 0.3 is 0 Å². The van der Waals surface area contributed by atoms with Gasteiger partial charge in [-0.15, -0.1) is 6.58 Å². The van der Waals surface area contributed by atoms with E-state index in [1.54, 1.807) is 12.1 Å². The molecule has 0 saturated heterocycles. The Balaban J connectivity index is 2.76. The molecular formula is C15H21ClFN. The van der Waals surface area contributed by atoms with E-state index in [4.69, 9.17) is 11.6 Å². The highest BCUT2D eigenvalue weighted by Crippen LogP contribution is 2.24. The molecule has 0 aliphatic carbocycles. The van der Waals surface area contributed by atoms with E-state index in [1.165, 1.54) is 6.07 Å². The zero-order valence-corrected chi connectivity index (χ0v) is 11.6. The van der Waals surface area contributed by atoms with Gasteiger partial charge in [0.2, 0.25) is 0 Å². The molecule has 0 aliphatic rings. The molecule has 3 heteroatoms. The lowest BCUT2D eigenvalue weighted by Crippen LogP contribution is -2.23. The van der Waals surface area contributed by atoms with Crippen LogP contribution in [0.2, 0.25) is 5.02 Å². The standard InChI is InChI=1S/C15H21ClFN/c1-3-5-6-7-15(18-10-4-2)13-9-8-12(16)11-14(13)17/h3,8-9,11,15,18H,1,4-7,10H2,2H3. The van der Waals surface area contributed by atoms with E-state index in [0.29, 0.717) is 10.6 Å². The van der Waals surface area contributed by atoms with Crippen molar-refractivity contribution in [3.63, 3.8) is 0 Å². The highest BCUT2D eigenvalue weighted by atomic mass is 35.5. The Labute approximate surface area is 114 Å². The van der Waals surface area contributed by atoms with Crippen molar-refractivity contribution in [1.29, 1.82) is 0 Å². The van der Waals surface area contributed by atoms with E-state index in [0.717, 1.165) is 32.2 Å². The molecule has 0 saturated carbocycles. The van der Waals surface area contributed by atoms with E-state index in [-0.39, 0.29) is 11.9 Å². The summed E-state index contributed by atoms with van der Waals surface area (Å²) in [5.74, 6) is -0.227. The summed E-state index contributed by atoms with van der Waals surface area (Å²) in [5, 5.41) is 3.83. The van der Waals surface area contributed by atoms with Crippen LogP contribution in [0.15, 0.2) is 30.9 Å². The lowest BCUT2D eigenvalue weighted by Gasteiger charge is -2.19. The molecule has 0 bridgehead atoms. The largest absolute Gasteiger partial charge is 0.310 e. The van der Waals surface area contributed by atoms with Crippen LogP contribution in [0.25, 0.3) is 0 Å². The smallest absolute Gasteiger partial charge is 0.129 e. The quantitative estimate of drug-likeness (QED) is 0.524. The molecule has 0 spiro atoms. The van der Waals surface area contributed by atoms with Gasteiger partial charge in [0.15, 0.2) is 0 Å². The maximum Gasteiger partial charge on any atom is 0.129 e. The van der Waals surface area contributed by atoms with Crippen LogP contribution < -0.4 is 5.32 Å². The van der Waals surface area contributed by atoms with E-state index >= 15 is 0 Å². The molecule has 1 nitrogen and oxygen atoms in total. The van der Waals surface area contributed by atoms with Gasteiger partial charge < -0.3 is 5.32 Å². The minimum Gasteiger partial charge on any atom is -0.310 e. The molecule has 1 rings (SSSR count). The molecule has 1 atom stereocenters. The Morgan fingerprint density at radius 1 is 1.50 bits per heavy atom. The van der Waals surface area contributed by atoms with Crippen molar-refractivity contribution in [1.82, 2.24) is 5.32 Å². The predicted octanol–water partition coefficient (Wildman–Crippen LogP) is 4.88. The molecule has 0 radical (unpaired) electrons. The summed E-state index contributed by atoms with van der Waals surface area (Å²) in [5.41, 5.74) is 0.705. The van der Waals surface area contributed by atoms with Crippen LogP contribution in [0.1, 0.15) is 44.2 Å². The first-order valence-electron chi connectivity index (χ1n) is 6.48. The first-order valence-corrected chi connectivity index (χ1v) is 6.86. The van der Waals surface area contributed by atoms with E-state index < -0.39 is 0 Å². The molecular weight excluding hydrogens is 249 g/mol. The zero-order chi connectivity index (χ0) is 13.4. The number of halogens is 2. The SMILES string of the molecule is C=CCCCC(NCCC)c1ccc(Cl)cc1F. The lowest BCUT2D eigenvalue weighted by atomic mass is 10.00. The van der Waals surface area contributed by atoms with Crippen LogP contribution in [0.4, 0.5) is 4.39 Å². The van der Waals surface area contributed by atoms with Crippen LogP contribution in [0, 0.1) is 5.82 Å². The van der Waals surface area contributed by atoms with Gasteiger partial charge in [-0.25, -0.2) is 4.39 Å². The van der Waals surface area contributed by atoms with Crippen molar-refractivity contribution in [2.75, 3.05) is 6.54 Å². The number of nitrogens with one attached hydrogen (secondary N) is 1. The van der Waals surface area contributed by atoms with Gasteiger partial charge in [-0.05, 0) is 44.4 Å². The number of hydrogen-bond donors (Lipinski definition) is 1. The first-order chi connectivity index (χ1) is 8.69. The van der Waals surface area contributed by atoms with Crippen LogP contribution in [0.3, 0.4) is 0 Å². The number of allylic oxidation sites excluding steroid dienone is 1. The Hall–Kier alpha value is -0.860. The lowest BCUT2D eigenvalue weighted by molar-refractivity contribution is 0.463. The summed E-state index contributed by atoms with van der Waals surface area (Å²) < 4.78 is 13.9. The van der Waals surface area contributed by atoms with Crippen molar-refractivity contribution in [2.24, 2.45) is 0 Å². The highest BCUT2D eigenvalue weighted by Gasteiger charge is 2.14. The average Bonchev–Trinajstić information content (AvgIpc) is 2.34. The summed E-state index contributed by atoms with van der Waals surface area (Å²) in [7, 11) is 0. The Kier molecular flexibility index (Phi) is 6.99. The second-order valence-electron chi connectivity index (χ2n) is 4.39. The first kappa shape index (κ1) is 15.2. The number of unbranched alkanes of at least 4 members (excludes halogenated alkanes) is 1. The summed E-state index contributed by atoms with van der Waals surface area (Å²) in [6, 6.07) is 4.96. The summed E-state index contributed by atoms with van der Waals surface area (Å²) >= 11 is 5.78. The fourth-order valence-corrected chi connectivity index (χ4v) is 2.10. The molecule has 0 fully saturated rings. The topological polar surface area (TPSA) is 12.0 Å². The van der Waals surface area contributed by atoms with E-state index in [2.05, 4.69) is 18.8 Å². The van der Waals surface area contributed by atoms with Gasteiger partial charge in [-0.3, -0.25) is 0 Å². The molecule has 0 heterocycles. The van der Waals surface area contributed by atoms with Gasteiger partial charge in [-0.2, -0.15) is 0 Å². The minimum absolute atomic E-state index is 0.0576. The highest BCUT2D eigenvalue weighted by molar-refractivity contribution is 6.30. The third kappa shape index (κ3) is 4.79. The molecule has 1 N–H and O–H groups in total. The van der Waals surface area contributed by atoms with Crippen molar-refractivity contribution < 1.29 is 4.39 Å². The summed E-state index contributed by atoms with van der Waals surface area (Å²) in [4.78, 5) is 0. The molecule has 0 aromatic heterocycles. The van der Waals surface area contributed by atoms with Gasteiger partial charge in [0.25, 0.3) is 0 Å². The second-order valence-corrected chi connectivity index (χ2v) is 4.83.